The standard InChI is InChI=1S/C17H14ClF4N3O4/c1-7(26)25(8(2)27)15-14(11(19)5-10(18)16(15)29-9(3)28)12-6-13(17(20,21)22)24(4)23-12/h5-6H,1-4H3. The van der Waals surface area contributed by atoms with Gasteiger partial charge in [0.05, 0.1) is 16.3 Å². The van der Waals surface area contributed by atoms with Crippen LogP contribution in [0.5, 0.6) is 5.75 Å². The molecular formula is C17H14ClF4N3O4. The molecule has 0 saturated carbocycles. The van der Waals surface area contributed by atoms with E-state index in [1.54, 1.807) is 0 Å². The van der Waals surface area contributed by atoms with Crippen molar-refractivity contribution < 1.29 is 36.7 Å². The zero-order valence-electron chi connectivity index (χ0n) is 15.5. The Morgan fingerprint density at radius 1 is 1.14 bits per heavy atom. The highest BCUT2D eigenvalue weighted by atomic mass is 35.5. The SMILES string of the molecule is CC(=O)Oc1c(Cl)cc(F)c(-c2cc(C(F)(F)F)n(C)n2)c1N(C(C)=O)C(C)=O. The molecule has 0 unspecified atom stereocenters. The van der Waals surface area contributed by atoms with Crippen molar-refractivity contribution >= 4 is 35.1 Å². The van der Waals surface area contributed by atoms with E-state index in [4.69, 9.17) is 16.3 Å². The van der Waals surface area contributed by atoms with Crippen LogP contribution >= 0.6 is 11.6 Å². The lowest BCUT2D eigenvalue weighted by Gasteiger charge is -2.23. The van der Waals surface area contributed by atoms with Crippen LogP contribution in [0.2, 0.25) is 5.02 Å². The van der Waals surface area contributed by atoms with E-state index in [9.17, 15) is 31.9 Å². The first-order chi connectivity index (χ1) is 13.3. The van der Waals surface area contributed by atoms with Gasteiger partial charge in [0.2, 0.25) is 11.8 Å². The van der Waals surface area contributed by atoms with Gasteiger partial charge in [0.15, 0.2) is 5.75 Å². The maximum Gasteiger partial charge on any atom is 0.433 e. The molecule has 29 heavy (non-hydrogen) atoms. The Balaban J connectivity index is 2.97. The number of aryl methyl sites for hydroxylation is 1. The molecule has 2 rings (SSSR count). The first-order valence-corrected chi connectivity index (χ1v) is 8.26. The number of aromatic nitrogens is 2. The van der Waals surface area contributed by atoms with E-state index >= 15 is 0 Å². The molecule has 156 valence electrons. The van der Waals surface area contributed by atoms with Gasteiger partial charge in [0.1, 0.15) is 17.2 Å². The summed E-state index contributed by atoms with van der Waals surface area (Å²) in [5.41, 5.74) is -3.05. The van der Waals surface area contributed by atoms with Crippen LogP contribution in [-0.2, 0) is 27.6 Å². The molecule has 1 aromatic heterocycles. The number of rotatable bonds is 3. The number of halogens is 5. The number of alkyl halides is 3. The molecule has 2 aromatic rings. The van der Waals surface area contributed by atoms with Gasteiger partial charge >= 0.3 is 12.1 Å². The monoisotopic (exact) mass is 435 g/mol. The third kappa shape index (κ3) is 4.39. The van der Waals surface area contributed by atoms with Gasteiger partial charge in [0.25, 0.3) is 0 Å². The number of nitrogens with zero attached hydrogens (tertiary/aromatic N) is 3. The number of anilines is 1. The highest BCUT2D eigenvalue weighted by molar-refractivity contribution is 6.33. The summed E-state index contributed by atoms with van der Waals surface area (Å²) < 4.78 is 59.7. The van der Waals surface area contributed by atoms with Crippen LogP contribution < -0.4 is 9.64 Å². The fourth-order valence-corrected chi connectivity index (χ4v) is 2.90. The molecule has 0 aliphatic rings. The summed E-state index contributed by atoms with van der Waals surface area (Å²) in [5, 5.41) is 3.17. The van der Waals surface area contributed by atoms with Gasteiger partial charge in [-0.05, 0) is 12.1 Å². The van der Waals surface area contributed by atoms with Gasteiger partial charge in [0, 0.05) is 27.8 Å². The summed E-state index contributed by atoms with van der Waals surface area (Å²) in [7, 11) is 0.987. The molecule has 0 radical (unpaired) electrons. The van der Waals surface area contributed by atoms with Crippen molar-refractivity contribution in [2.24, 2.45) is 7.05 Å². The largest absolute Gasteiger partial charge is 0.433 e. The van der Waals surface area contributed by atoms with Gasteiger partial charge in [-0.1, -0.05) is 11.6 Å². The number of hydrogen-bond acceptors (Lipinski definition) is 5. The molecule has 0 aliphatic heterocycles. The molecule has 0 aliphatic carbocycles. The molecule has 0 fully saturated rings. The predicted molar refractivity (Wildman–Crippen MR) is 93.8 cm³/mol. The Labute approximate surface area is 166 Å². The molecule has 12 heteroatoms. The zero-order chi connectivity index (χ0) is 22.3. The molecule has 7 nitrogen and oxygen atoms in total. The third-order valence-corrected chi connectivity index (χ3v) is 3.97. The number of imide groups is 1. The minimum atomic E-state index is -4.80. The van der Waals surface area contributed by atoms with Crippen molar-refractivity contribution in [1.82, 2.24) is 9.78 Å². The second-order valence-corrected chi connectivity index (χ2v) is 6.30. The van der Waals surface area contributed by atoms with Crippen LogP contribution in [0.4, 0.5) is 23.2 Å². The number of ether oxygens (including phenoxy) is 1. The normalized spacial score (nSPS) is 11.3. The van der Waals surface area contributed by atoms with E-state index in [0.29, 0.717) is 21.7 Å². The molecule has 0 spiro atoms. The smallest absolute Gasteiger partial charge is 0.423 e. The minimum absolute atomic E-state index is 0.435. The fraction of sp³-hybridized carbons (Fsp3) is 0.294. The van der Waals surface area contributed by atoms with Crippen LogP contribution in [-0.4, -0.2) is 27.6 Å². The molecule has 1 aromatic carbocycles. The first-order valence-electron chi connectivity index (χ1n) is 7.89. The lowest BCUT2D eigenvalue weighted by Crippen LogP contribution is -2.34. The number of amides is 2. The van der Waals surface area contributed by atoms with Crippen LogP contribution in [0, 0.1) is 5.82 Å². The number of benzene rings is 1. The number of carbonyl (C=O) groups is 3. The van der Waals surface area contributed by atoms with Crippen LogP contribution in [0.3, 0.4) is 0 Å². The van der Waals surface area contributed by atoms with Crippen molar-refractivity contribution in [2.75, 3.05) is 4.90 Å². The fourth-order valence-electron chi connectivity index (χ4n) is 2.68. The third-order valence-electron chi connectivity index (χ3n) is 3.69. The Bertz CT molecular complexity index is 1000. The van der Waals surface area contributed by atoms with Crippen molar-refractivity contribution in [3.05, 3.63) is 28.7 Å². The van der Waals surface area contributed by atoms with Crippen molar-refractivity contribution in [3.63, 3.8) is 0 Å². The average molecular weight is 436 g/mol. The van der Waals surface area contributed by atoms with E-state index in [-0.39, 0.29) is 0 Å². The highest BCUT2D eigenvalue weighted by Gasteiger charge is 2.37. The molecule has 0 atom stereocenters. The van der Waals surface area contributed by atoms with Gasteiger partial charge in [-0.3, -0.25) is 19.1 Å². The maximum atomic E-state index is 14.8. The number of carbonyl (C=O) groups excluding carboxylic acids is 3. The van der Waals surface area contributed by atoms with Gasteiger partial charge in [-0.15, -0.1) is 0 Å². The summed E-state index contributed by atoms with van der Waals surface area (Å²) in [6, 6.07) is 1.21. The van der Waals surface area contributed by atoms with Crippen molar-refractivity contribution in [1.29, 1.82) is 0 Å². The Morgan fingerprint density at radius 2 is 1.69 bits per heavy atom. The van der Waals surface area contributed by atoms with E-state index in [1.807, 2.05) is 0 Å². The summed E-state index contributed by atoms with van der Waals surface area (Å²) in [5.74, 6) is -4.50. The Kier molecular flexibility index (Phi) is 6.02. The van der Waals surface area contributed by atoms with Crippen molar-refractivity contribution in [2.45, 2.75) is 26.9 Å². The van der Waals surface area contributed by atoms with Crippen LogP contribution in [0.15, 0.2) is 12.1 Å². The Hall–Kier alpha value is -2.95. The Morgan fingerprint density at radius 3 is 2.10 bits per heavy atom. The summed E-state index contributed by atoms with van der Waals surface area (Å²) >= 11 is 5.93. The molecule has 2 amide bonds. The van der Waals surface area contributed by atoms with E-state index in [0.717, 1.165) is 27.8 Å². The predicted octanol–water partition coefficient (Wildman–Crippen LogP) is 3.72. The van der Waals surface area contributed by atoms with Crippen LogP contribution in [0.1, 0.15) is 26.5 Å². The van der Waals surface area contributed by atoms with E-state index in [2.05, 4.69) is 5.10 Å². The second-order valence-electron chi connectivity index (χ2n) is 5.90. The second kappa shape index (κ2) is 7.82. The van der Waals surface area contributed by atoms with E-state index < -0.39 is 63.2 Å². The minimum Gasteiger partial charge on any atom is -0.423 e. The first kappa shape index (κ1) is 22.3. The van der Waals surface area contributed by atoms with E-state index in [1.165, 1.54) is 0 Å². The average Bonchev–Trinajstić information content (AvgIpc) is 2.91. The lowest BCUT2D eigenvalue weighted by atomic mass is 10.1. The summed E-state index contributed by atoms with van der Waals surface area (Å²) in [6.45, 7) is 2.90. The highest BCUT2D eigenvalue weighted by Crippen LogP contribution is 2.46. The van der Waals surface area contributed by atoms with Crippen LogP contribution in [0.25, 0.3) is 11.3 Å². The molecule has 0 saturated heterocycles. The zero-order valence-corrected chi connectivity index (χ0v) is 16.3. The summed E-state index contributed by atoms with van der Waals surface area (Å²) in [4.78, 5) is 36.0. The van der Waals surface area contributed by atoms with Gasteiger partial charge < -0.3 is 4.74 Å². The lowest BCUT2D eigenvalue weighted by molar-refractivity contribution is -0.143. The molecule has 1 heterocycles. The number of hydrogen-bond donors (Lipinski definition) is 0. The molecule has 0 N–H and O–H groups in total. The topological polar surface area (TPSA) is 81.5 Å². The maximum absolute atomic E-state index is 14.8. The molecular weight excluding hydrogens is 422 g/mol. The quantitative estimate of drug-likeness (QED) is 0.417. The van der Waals surface area contributed by atoms with Gasteiger partial charge in [-0.2, -0.15) is 18.3 Å². The van der Waals surface area contributed by atoms with Crippen molar-refractivity contribution in [3.8, 4) is 17.0 Å². The number of esters is 1. The summed E-state index contributed by atoms with van der Waals surface area (Å²) in [6.07, 6.45) is -4.80. The van der Waals surface area contributed by atoms with Gasteiger partial charge in [-0.25, -0.2) is 9.29 Å². The molecule has 0 bridgehead atoms.